The Morgan fingerprint density at radius 1 is 1.29 bits per heavy atom. The average molecular weight is 197 g/mol. The van der Waals surface area contributed by atoms with Crippen molar-refractivity contribution in [3.63, 3.8) is 0 Å². The maximum Gasteiger partial charge on any atom is 0.0509 e. The van der Waals surface area contributed by atoms with Crippen molar-refractivity contribution < 1.29 is 4.74 Å². The fourth-order valence-corrected chi connectivity index (χ4v) is 2.55. The van der Waals surface area contributed by atoms with Crippen LogP contribution in [-0.2, 0) is 4.74 Å². The largest absolute Gasteiger partial charge is 0.381 e. The first kappa shape index (κ1) is 10.4. The van der Waals surface area contributed by atoms with Crippen molar-refractivity contribution in [1.82, 2.24) is 5.32 Å². The monoisotopic (exact) mass is 197 g/mol. The number of rotatable bonds is 3. The molecule has 2 aliphatic rings. The van der Waals surface area contributed by atoms with Gasteiger partial charge in [-0.1, -0.05) is 6.92 Å². The van der Waals surface area contributed by atoms with Crippen molar-refractivity contribution in [3.05, 3.63) is 0 Å². The zero-order valence-corrected chi connectivity index (χ0v) is 9.46. The fourth-order valence-electron chi connectivity index (χ4n) is 2.55. The van der Waals surface area contributed by atoms with Crippen molar-refractivity contribution in [2.45, 2.75) is 51.6 Å². The molecule has 1 heterocycles. The van der Waals surface area contributed by atoms with E-state index in [9.17, 15) is 0 Å². The van der Waals surface area contributed by atoms with Crippen LogP contribution >= 0.6 is 0 Å². The molecule has 4 atom stereocenters. The summed E-state index contributed by atoms with van der Waals surface area (Å²) in [5, 5.41) is 3.76. The van der Waals surface area contributed by atoms with Crippen LogP contribution in [0.3, 0.4) is 0 Å². The lowest BCUT2D eigenvalue weighted by Crippen LogP contribution is -2.50. The minimum Gasteiger partial charge on any atom is -0.381 e. The van der Waals surface area contributed by atoms with Gasteiger partial charge in [-0.2, -0.15) is 0 Å². The van der Waals surface area contributed by atoms with Gasteiger partial charge in [-0.3, -0.25) is 0 Å². The van der Waals surface area contributed by atoms with Crippen LogP contribution in [0.2, 0.25) is 0 Å². The van der Waals surface area contributed by atoms with E-state index >= 15 is 0 Å². The van der Waals surface area contributed by atoms with Gasteiger partial charge in [0.05, 0.1) is 6.61 Å². The average Bonchev–Trinajstić information content (AvgIpc) is 2.24. The van der Waals surface area contributed by atoms with E-state index in [1.54, 1.807) is 0 Å². The highest BCUT2D eigenvalue weighted by Crippen LogP contribution is 2.28. The van der Waals surface area contributed by atoms with Gasteiger partial charge in [0.25, 0.3) is 0 Å². The molecule has 4 unspecified atom stereocenters. The van der Waals surface area contributed by atoms with Gasteiger partial charge < -0.3 is 10.1 Å². The molecule has 14 heavy (non-hydrogen) atoms. The lowest BCUT2D eigenvalue weighted by Gasteiger charge is -2.39. The first-order chi connectivity index (χ1) is 6.77. The Morgan fingerprint density at radius 3 is 2.64 bits per heavy atom. The van der Waals surface area contributed by atoms with Gasteiger partial charge in [0.1, 0.15) is 0 Å². The van der Waals surface area contributed by atoms with Crippen molar-refractivity contribution in [2.24, 2.45) is 11.8 Å². The molecule has 0 radical (unpaired) electrons. The zero-order chi connectivity index (χ0) is 9.97. The summed E-state index contributed by atoms with van der Waals surface area (Å²) in [6, 6.07) is 1.43. The molecule has 0 amide bonds. The highest BCUT2D eigenvalue weighted by molar-refractivity contribution is 4.87. The molecule has 1 aliphatic carbocycles. The maximum absolute atomic E-state index is 5.52. The molecule has 2 fully saturated rings. The van der Waals surface area contributed by atoms with E-state index in [2.05, 4.69) is 19.2 Å². The Balaban J connectivity index is 1.73. The molecule has 2 nitrogen and oxygen atoms in total. The second kappa shape index (κ2) is 4.63. The molecule has 1 saturated heterocycles. The van der Waals surface area contributed by atoms with Crippen LogP contribution in [0.25, 0.3) is 0 Å². The van der Waals surface area contributed by atoms with Crippen LogP contribution in [0, 0.1) is 11.8 Å². The molecule has 82 valence electrons. The predicted molar refractivity (Wildman–Crippen MR) is 58.3 cm³/mol. The number of hydrogen-bond donors (Lipinski definition) is 1. The molecule has 0 aromatic rings. The summed E-state index contributed by atoms with van der Waals surface area (Å²) in [6.45, 7) is 6.62. The van der Waals surface area contributed by atoms with Gasteiger partial charge >= 0.3 is 0 Å². The number of ether oxygens (including phenoxy) is 1. The van der Waals surface area contributed by atoms with Gasteiger partial charge in [-0.15, -0.1) is 0 Å². The van der Waals surface area contributed by atoms with E-state index < -0.39 is 0 Å². The normalized spacial score (nSPS) is 40.3. The zero-order valence-electron chi connectivity index (χ0n) is 9.46. The SMILES string of the molecule is CC1CCC1NC(C)C1CCCOC1. The van der Waals surface area contributed by atoms with E-state index in [0.717, 1.165) is 31.1 Å². The van der Waals surface area contributed by atoms with E-state index in [4.69, 9.17) is 4.74 Å². The lowest BCUT2D eigenvalue weighted by atomic mass is 9.80. The summed E-state index contributed by atoms with van der Waals surface area (Å²) in [5.41, 5.74) is 0. The Morgan fingerprint density at radius 2 is 2.14 bits per heavy atom. The molecule has 1 aliphatic heterocycles. The minimum atomic E-state index is 0.642. The van der Waals surface area contributed by atoms with Crippen LogP contribution < -0.4 is 5.32 Å². The molecule has 0 spiro atoms. The number of hydrogen-bond acceptors (Lipinski definition) is 2. The van der Waals surface area contributed by atoms with Gasteiger partial charge in [0.2, 0.25) is 0 Å². The van der Waals surface area contributed by atoms with Gasteiger partial charge in [-0.25, -0.2) is 0 Å². The third kappa shape index (κ3) is 2.29. The standard InChI is InChI=1S/C12H23NO/c1-9-5-6-12(9)13-10(2)11-4-3-7-14-8-11/h9-13H,3-8H2,1-2H3. The van der Waals surface area contributed by atoms with Crippen molar-refractivity contribution >= 4 is 0 Å². The first-order valence-electron chi connectivity index (χ1n) is 6.11. The van der Waals surface area contributed by atoms with Crippen molar-refractivity contribution in [1.29, 1.82) is 0 Å². The maximum atomic E-state index is 5.52. The minimum absolute atomic E-state index is 0.642. The van der Waals surface area contributed by atoms with E-state index in [-0.39, 0.29) is 0 Å². The number of nitrogens with one attached hydrogen (secondary N) is 1. The summed E-state index contributed by atoms with van der Waals surface area (Å²) < 4.78 is 5.52. The summed E-state index contributed by atoms with van der Waals surface area (Å²) in [5.74, 6) is 1.64. The fraction of sp³-hybridized carbons (Fsp3) is 1.00. The third-order valence-electron chi connectivity index (χ3n) is 4.00. The highest BCUT2D eigenvalue weighted by Gasteiger charge is 2.30. The van der Waals surface area contributed by atoms with Crippen LogP contribution in [0.1, 0.15) is 39.5 Å². The highest BCUT2D eigenvalue weighted by atomic mass is 16.5. The Kier molecular flexibility index (Phi) is 3.45. The van der Waals surface area contributed by atoms with Gasteiger partial charge in [0.15, 0.2) is 0 Å². The first-order valence-corrected chi connectivity index (χ1v) is 6.11. The Labute approximate surface area is 87.4 Å². The van der Waals surface area contributed by atoms with Crippen molar-refractivity contribution in [3.8, 4) is 0 Å². The Hall–Kier alpha value is -0.0800. The Bertz CT molecular complexity index is 177. The molecule has 2 heteroatoms. The predicted octanol–water partition coefficient (Wildman–Crippen LogP) is 2.19. The molecule has 0 aromatic carbocycles. The molecule has 1 N–H and O–H groups in total. The van der Waals surface area contributed by atoms with Crippen LogP contribution in [0.5, 0.6) is 0 Å². The quantitative estimate of drug-likeness (QED) is 0.749. The smallest absolute Gasteiger partial charge is 0.0509 e. The van der Waals surface area contributed by atoms with Gasteiger partial charge in [-0.05, 0) is 44.4 Å². The summed E-state index contributed by atoms with van der Waals surface area (Å²) in [4.78, 5) is 0. The van der Waals surface area contributed by atoms with Crippen LogP contribution in [-0.4, -0.2) is 25.3 Å². The van der Waals surface area contributed by atoms with Crippen LogP contribution in [0.15, 0.2) is 0 Å². The molecule has 0 aromatic heterocycles. The third-order valence-corrected chi connectivity index (χ3v) is 4.00. The summed E-state index contributed by atoms with van der Waals surface area (Å²) >= 11 is 0. The van der Waals surface area contributed by atoms with Crippen molar-refractivity contribution in [2.75, 3.05) is 13.2 Å². The van der Waals surface area contributed by atoms with E-state index in [1.807, 2.05) is 0 Å². The second-order valence-corrected chi connectivity index (χ2v) is 5.09. The molecular formula is C12H23NO. The second-order valence-electron chi connectivity index (χ2n) is 5.09. The van der Waals surface area contributed by atoms with E-state index in [0.29, 0.717) is 6.04 Å². The molecule has 2 rings (SSSR count). The molecular weight excluding hydrogens is 174 g/mol. The van der Waals surface area contributed by atoms with E-state index in [1.165, 1.54) is 25.7 Å². The summed E-state index contributed by atoms with van der Waals surface area (Å²) in [7, 11) is 0. The topological polar surface area (TPSA) is 21.3 Å². The molecule has 1 saturated carbocycles. The summed E-state index contributed by atoms with van der Waals surface area (Å²) in [6.07, 6.45) is 5.37. The lowest BCUT2D eigenvalue weighted by molar-refractivity contribution is 0.0354. The van der Waals surface area contributed by atoms with Gasteiger partial charge in [0, 0.05) is 18.7 Å². The molecule has 0 bridgehead atoms. The van der Waals surface area contributed by atoms with Crippen LogP contribution in [0.4, 0.5) is 0 Å².